The molecule has 132 valence electrons. The highest BCUT2D eigenvalue weighted by Gasteiger charge is 2.24. The number of fused-ring (bicyclic) bond motifs is 1. The van der Waals surface area contributed by atoms with Gasteiger partial charge < -0.3 is 5.32 Å². The molecule has 0 atom stereocenters. The first kappa shape index (κ1) is 16.6. The van der Waals surface area contributed by atoms with Crippen molar-refractivity contribution >= 4 is 11.7 Å². The zero-order valence-electron chi connectivity index (χ0n) is 15.2. The summed E-state index contributed by atoms with van der Waals surface area (Å²) in [6.07, 6.45) is 3.44. The number of nitrogens with one attached hydrogen (secondary N) is 1. The molecule has 0 saturated carbocycles. The van der Waals surface area contributed by atoms with Crippen molar-refractivity contribution in [3.63, 3.8) is 0 Å². The maximum atomic E-state index is 12.7. The molecule has 0 spiro atoms. The highest BCUT2D eigenvalue weighted by molar-refractivity contribution is 5.93. The van der Waals surface area contributed by atoms with E-state index in [-0.39, 0.29) is 5.91 Å². The third-order valence-corrected chi connectivity index (χ3v) is 5.01. The first-order valence-electron chi connectivity index (χ1n) is 9.14. The zero-order chi connectivity index (χ0) is 18.1. The molecule has 4 nitrogen and oxygen atoms in total. The number of amides is 1. The monoisotopic (exact) mass is 345 g/mol. The average Bonchev–Trinajstić information content (AvgIpc) is 3.21. The third-order valence-electron chi connectivity index (χ3n) is 5.01. The van der Waals surface area contributed by atoms with E-state index in [1.54, 1.807) is 0 Å². The molecule has 0 saturated heterocycles. The highest BCUT2D eigenvalue weighted by Crippen LogP contribution is 2.31. The second kappa shape index (κ2) is 6.79. The molecule has 0 unspecified atom stereocenters. The van der Waals surface area contributed by atoms with Crippen molar-refractivity contribution in [1.29, 1.82) is 0 Å². The fraction of sp³-hybridized carbons (Fsp3) is 0.273. The summed E-state index contributed by atoms with van der Waals surface area (Å²) >= 11 is 0. The standard InChI is InChI=1S/C22H23N3O/c1-15-11-12-17(16(2)13-15)14-21(26)23-22-19-9-6-10-20(19)24-25(22)18-7-4-3-5-8-18/h3-5,7-8,11-13H,6,9-10,14H2,1-2H3,(H,23,26). The summed E-state index contributed by atoms with van der Waals surface area (Å²) in [6, 6.07) is 16.2. The molecule has 26 heavy (non-hydrogen) atoms. The van der Waals surface area contributed by atoms with Gasteiger partial charge in [0.1, 0.15) is 5.82 Å². The van der Waals surface area contributed by atoms with Gasteiger partial charge in [-0.2, -0.15) is 5.10 Å². The van der Waals surface area contributed by atoms with E-state index in [2.05, 4.69) is 31.3 Å². The number of benzene rings is 2. The molecule has 1 aromatic heterocycles. The van der Waals surface area contributed by atoms with Crippen LogP contribution in [0, 0.1) is 13.8 Å². The fourth-order valence-corrected chi connectivity index (χ4v) is 3.67. The van der Waals surface area contributed by atoms with Gasteiger partial charge in [0.25, 0.3) is 0 Å². The van der Waals surface area contributed by atoms with Gasteiger partial charge in [-0.3, -0.25) is 4.79 Å². The Kier molecular flexibility index (Phi) is 4.33. The van der Waals surface area contributed by atoms with Gasteiger partial charge in [0, 0.05) is 5.56 Å². The van der Waals surface area contributed by atoms with Gasteiger partial charge in [0.05, 0.1) is 17.8 Å². The summed E-state index contributed by atoms with van der Waals surface area (Å²) in [5.74, 6) is 0.835. The third kappa shape index (κ3) is 3.15. The van der Waals surface area contributed by atoms with Crippen LogP contribution in [0.3, 0.4) is 0 Å². The lowest BCUT2D eigenvalue weighted by Gasteiger charge is -2.12. The molecule has 3 aromatic rings. The van der Waals surface area contributed by atoms with Crippen LogP contribution in [0.4, 0.5) is 5.82 Å². The van der Waals surface area contributed by atoms with Crippen LogP contribution < -0.4 is 5.32 Å². The van der Waals surface area contributed by atoms with E-state index in [9.17, 15) is 4.79 Å². The average molecular weight is 345 g/mol. The largest absolute Gasteiger partial charge is 0.310 e. The Labute approximate surface area is 153 Å². The van der Waals surface area contributed by atoms with Gasteiger partial charge in [0.2, 0.25) is 5.91 Å². The van der Waals surface area contributed by atoms with Gasteiger partial charge >= 0.3 is 0 Å². The zero-order valence-corrected chi connectivity index (χ0v) is 15.2. The summed E-state index contributed by atoms with van der Waals surface area (Å²) in [6.45, 7) is 4.13. The molecule has 0 bridgehead atoms. The number of carbonyl (C=O) groups excluding carboxylic acids is 1. The van der Waals surface area contributed by atoms with Crippen LogP contribution in [0.2, 0.25) is 0 Å². The molecule has 1 heterocycles. The van der Waals surface area contributed by atoms with Crippen molar-refractivity contribution in [2.75, 3.05) is 5.32 Å². The number of anilines is 1. The molecule has 2 aromatic carbocycles. The smallest absolute Gasteiger partial charge is 0.229 e. The Morgan fingerprint density at radius 2 is 1.92 bits per heavy atom. The normalized spacial score (nSPS) is 12.8. The number of hydrogen-bond donors (Lipinski definition) is 1. The van der Waals surface area contributed by atoms with Gasteiger partial charge in [0.15, 0.2) is 0 Å². The Morgan fingerprint density at radius 3 is 2.69 bits per heavy atom. The first-order valence-corrected chi connectivity index (χ1v) is 9.14. The summed E-state index contributed by atoms with van der Waals surface area (Å²) in [5, 5.41) is 7.89. The maximum Gasteiger partial charge on any atom is 0.229 e. The predicted molar refractivity (Wildman–Crippen MR) is 104 cm³/mol. The minimum Gasteiger partial charge on any atom is -0.310 e. The van der Waals surface area contributed by atoms with Gasteiger partial charge in [-0.05, 0) is 56.4 Å². The Hall–Kier alpha value is -2.88. The number of hydrogen-bond acceptors (Lipinski definition) is 2. The fourth-order valence-electron chi connectivity index (χ4n) is 3.67. The Morgan fingerprint density at radius 1 is 1.12 bits per heavy atom. The van der Waals surface area contributed by atoms with Gasteiger partial charge in [-0.1, -0.05) is 42.0 Å². The molecular weight excluding hydrogens is 322 g/mol. The first-order chi connectivity index (χ1) is 12.6. The quantitative estimate of drug-likeness (QED) is 0.772. The van der Waals surface area contributed by atoms with E-state index < -0.39 is 0 Å². The number of aromatic nitrogens is 2. The van der Waals surface area contributed by atoms with E-state index in [1.165, 1.54) is 11.1 Å². The van der Waals surface area contributed by atoms with Crippen molar-refractivity contribution in [2.24, 2.45) is 0 Å². The summed E-state index contributed by atoms with van der Waals surface area (Å²) in [5.41, 5.74) is 6.70. The van der Waals surface area contributed by atoms with Crippen molar-refractivity contribution in [2.45, 2.75) is 39.5 Å². The molecule has 1 amide bonds. The van der Waals surface area contributed by atoms with Crippen molar-refractivity contribution in [1.82, 2.24) is 9.78 Å². The van der Waals surface area contributed by atoms with Crippen LogP contribution in [0.1, 0.15) is 34.4 Å². The van der Waals surface area contributed by atoms with E-state index >= 15 is 0 Å². The molecular formula is C22H23N3O. The number of nitrogens with zero attached hydrogens (tertiary/aromatic N) is 2. The van der Waals surface area contributed by atoms with Crippen molar-refractivity contribution in [3.05, 3.63) is 76.5 Å². The molecule has 0 aliphatic heterocycles. The minimum atomic E-state index is 0.00346. The second-order valence-electron chi connectivity index (χ2n) is 7.03. The van der Waals surface area contributed by atoms with Gasteiger partial charge in [-0.25, -0.2) is 4.68 Å². The number of para-hydroxylation sites is 1. The predicted octanol–water partition coefficient (Wildman–Crippen LogP) is 4.16. The Balaban J connectivity index is 1.62. The van der Waals surface area contributed by atoms with E-state index in [0.29, 0.717) is 6.42 Å². The number of carbonyl (C=O) groups is 1. The molecule has 1 aliphatic rings. The lowest BCUT2D eigenvalue weighted by atomic mass is 10.0. The molecule has 4 heteroatoms. The van der Waals surface area contributed by atoms with Crippen LogP contribution in [-0.4, -0.2) is 15.7 Å². The number of rotatable bonds is 4. The summed E-state index contributed by atoms with van der Waals surface area (Å²) in [4.78, 5) is 12.7. The van der Waals surface area contributed by atoms with Crippen LogP contribution in [0.25, 0.3) is 5.69 Å². The molecule has 1 aliphatic carbocycles. The lowest BCUT2D eigenvalue weighted by molar-refractivity contribution is -0.115. The molecule has 1 N–H and O–H groups in total. The summed E-state index contributed by atoms with van der Waals surface area (Å²) in [7, 11) is 0. The SMILES string of the molecule is Cc1ccc(CC(=O)Nc2c3c(nn2-c2ccccc2)CCC3)c(C)c1. The van der Waals surface area contributed by atoms with Crippen LogP contribution in [-0.2, 0) is 24.1 Å². The minimum absolute atomic E-state index is 0.00346. The molecule has 4 rings (SSSR count). The van der Waals surface area contributed by atoms with Crippen LogP contribution in [0.15, 0.2) is 48.5 Å². The van der Waals surface area contributed by atoms with Crippen LogP contribution in [0.5, 0.6) is 0 Å². The molecule has 0 fully saturated rings. The van der Waals surface area contributed by atoms with E-state index in [1.807, 2.05) is 41.1 Å². The van der Waals surface area contributed by atoms with Crippen molar-refractivity contribution in [3.8, 4) is 5.69 Å². The highest BCUT2D eigenvalue weighted by atomic mass is 16.1. The van der Waals surface area contributed by atoms with E-state index in [0.717, 1.165) is 47.6 Å². The topological polar surface area (TPSA) is 46.9 Å². The summed E-state index contributed by atoms with van der Waals surface area (Å²) < 4.78 is 1.88. The maximum absolute atomic E-state index is 12.7. The van der Waals surface area contributed by atoms with E-state index in [4.69, 9.17) is 5.10 Å². The second-order valence-corrected chi connectivity index (χ2v) is 7.03. The lowest BCUT2D eigenvalue weighted by Crippen LogP contribution is -2.18. The van der Waals surface area contributed by atoms with Crippen LogP contribution >= 0.6 is 0 Å². The van der Waals surface area contributed by atoms with Gasteiger partial charge in [-0.15, -0.1) is 0 Å². The Bertz CT molecular complexity index is 957. The molecule has 0 radical (unpaired) electrons. The van der Waals surface area contributed by atoms with Crippen molar-refractivity contribution < 1.29 is 4.79 Å². The number of aryl methyl sites for hydroxylation is 3.